The Morgan fingerprint density at radius 1 is 0.900 bits per heavy atom. The van der Waals surface area contributed by atoms with Crippen LogP contribution < -0.4 is 5.32 Å². The van der Waals surface area contributed by atoms with Crippen molar-refractivity contribution in [3.8, 4) is 0 Å². The lowest BCUT2D eigenvalue weighted by Crippen LogP contribution is -2.16. The fourth-order valence-electron chi connectivity index (χ4n) is 3.83. The van der Waals surface area contributed by atoms with Crippen LogP contribution in [0.4, 0.5) is 10.1 Å². The molecule has 1 aliphatic rings. The first-order valence-corrected chi connectivity index (χ1v) is 9.79. The summed E-state index contributed by atoms with van der Waals surface area (Å²) in [6, 6.07) is 22.4. The summed E-state index contributed by atoms with van der Waals surface area (Å²) in [5, 5.41) is 3.59. The molecule has 5 heteroatoms. The van der Waals surface area contributed by atoms with E-state index < -0.39 is 11.6 Å². The van der Waals surface area contributed by atoms with Gasteiger partial charge in [0.2, 0.25) is 11.7 Å². The fourth-order valence-corrected chi connectivity index (χ4v) is 3.83. The topological polar surface area (TPSA) is 59.3 Å². The quantitative estimate of drug-likeness (QED) is 0.448. The summed E-state index contributed by atoms with van der Waals surface area (Å²) in [5.41, 5.74) is 2.30. The number of halogens is 1. The molecule has 5 rings (SSSR count). The molecule has 0 aliphatic heterocycles. The van der Waals surface area contributed by atoms with Gasteiger partial charge in [0.15, 0.2) is 5.76 Å². The number of fused-ring (bicyclic) bond motifs is 1. The van der Waals surface area contributed by atoms with Gasteiger partial charge in [-0.25, -0.2) is 4.39 Å². The highest BCUT2D eigenvalue weighted by Crippen LogP contribution is 2.48. The Labute approximate surface area is 172 Å². The standard InChI is InChI=1S/C25H18FNO3/c26-17-12-10-16(11-13-17)23(28)24-22(18-8-4-5-9-21(18)30-24)27-25(29)20-14-19(20)15-6-2-1-3-7-15/h1-13,19-20H,14H2,(H,27,29). The summed E-state index contributed by atoms with van der Waals surface area (Å²) in [7, 11) is 0. The van der Waals surface area contributed by atoms with Gasteiger partial charge in [-0.05, 0) is 54.3 Å². The number of para-hydroxylation sites is 1. The smallest absolute Gasteiger partial charge is 0.230 e. The maximum absolute atomic E-state index is 13.3. The zero-order valence-electron chi connectivity index (χ0n) is 16.0. The summed E-state index contributed by atoms with van der Waals surface area (Å²) >= 11 is 0. The molecule has 3 aromatic carbocycles. The summed E-state index contributed by atoms with van der Waals surface area (Å²) in [6.45, 7) is 0. The molecule has 4 aromatic rings. The summed E-state index contributed by atoms with van der Waals surface area (Å²) in [6.07, 6.45) is 0.771. The van der Waals surface area contributed by atoms with Gasteiger partial charge in [0.25, 0.3) is 0 Å². The number of amides is 1. The van der Waals surface area contributed by atoms with Crippen molar-refractivity contribution in [3.05, 3.63) is 102 Å². The second kappa shape index (κ2) is 7.26. The first-order valence-electron chi connectivity index (χ1n) is 9.79. The van der Waals surface area contributed by atoms with Gasteiger partial charge in [0.05, 0.1) is 5.69 Å². The largest absolute Gasteiger partial charge is 0.450 e. The molecule has 2 unspecified atom stereocenters. The predicted octanol–water partition coefficient (Wildman–Crippen LogP) is 5.55. The minimum atomic E-state index is -0.426. The third kappa shape index (κ3) is 3.28. The molecule has 0 spiro atoms. The van der Waals surface area contributed by atoms with Gasteiger partial charge in [-0.3, -0.25) is 9.59 Å². The number of hydrogen-bond acceptors (Lipinski definition) is 3. The number of carbonyl (C=O) groups is 2. The Kier molecular flexibility index (Phi) is 4.43. The van der Waals surface area contributed by atoms with Crippen molar-refractivity contribution < 1.29 is 18.4 Å². The van der Waals surface area contributed by atoms with Crippen LogP contribution in [0.15, 0.2) is 83.3 Å². The number of hydrogen-bond donors (Lipinski definition) is 1. The van der Waals surface area contributed by atoms with Gasteiger partial charge in [0, 0.05) is 16.9 Å². The van der Waals surface area contributed by atoms with Crippen molar-refractivity contribution in [1.29, 1.82) is 0 Å². The Morgan fingerprint density at radius 3 is 2.37 bits per heavy atom. The first-order chi connectivity index (χ1) is 14.6. The van der Waals surface area contributed by atoms with Gasteiger partial charge >= 0.3 is 0 Å². The molecule has 1 N–H and O–H groups in total. The minimum Gasteiger partial charge on any atom is -0.450 e. The summed E-state index contributed by atoms with van der Waals surface area (Å²) in [5.74, 6) is -0.880. The van der Waals surface area contributed by atoms with E-state index in [9.17, 15) is 14.0 Å². The van der Waals surface area contributed by atoms with E-state index in [0.717, 1.165) is 12.0 Å². The Bertz CT molecular complexity index is 1240. The zero-order valence-corrected chi connectivity index (χ0v) is 16.0. The van der Waals surface area contributed by atoms with E-state index in [0.29, 0.717) is 22.2 Å². The molecule has 1 saturated carbocycles. The Hall–Kier alpha value is -3.73. The maximum Gasteiger partial charge on any atom is 0.230 e. The van der Waals surface area contributed by atoms with Crippen LogP contribution in [0.1, 0.15) is 34.0 Å². The van der Waals surface area contributed by atoms with Gasteiger partial charge in [-0.1, -0.05) is 42.5 Å². The lowest BCUT2D eigenvalue weighted by molar-refractivity contribution is -0.117. The number of nitrogens with one attached hydrogen (secondary N) is 1. The Morgan fingerprint density at radius 2 is 1.60 bits per heavy atom. The molecule has 30 heavy (non-hydrogen) atoms. The third-order valence-electron chi connectivity index (χ3n) is 5.51. The molecule has 1 aromatic heterocycles. The number of benzene rings is 3. The van der Waals surface area contributed by atoms with Crippen molar-refractivity contribution in [2.24, 2.45) is 5.92 Å². The van der Waals surface area contributed by atoms with Crippen LogP contribution in [-0.2, 0) is 4.79 Å². The molecule has 0 radical (unpaired) electrons. The fraction of sp³-hybridized carbons (Fsp3) is 0.120. The molecular weight excluding hydrogens is 381 g/mol. The summed E-state index contributed by atoms with van der Waals surface area (Å²) in [4.78, 5) is 26.0. The lowest BCUT2D eigenvalue weighted by Gasteiger charge is -2.06. The highest BCUT2D eigenvalue weighted by Gasteiger charge is 2.44. The number of ketones is 1. The van der Waals surface area contributed by atoms with Crippen LogP contribution in [-0.4, -0.2) is 11.7 Å². The Balaban J connectivity index is 1.46. The molecule has 1 aliphatic carbocycles. The number of carbonyl (C=O) groups excluding carboxylic acids is 2. The highest BCUT2D eigenvalue weighted by atomic mass is 19.1. The van der Waals surface area contributed by atoms with E-state index in [1.165, 1.54) is 24.3 Å². The predicted molar refractivity (Wildman–Crippen MR) is 112 cm³/mol. The normalized spacial score (nSPS) is 17.6. The van der Waals surface area contributed by atoms with E-state index in [1.54, 1.807) is 18.2 Å². The second-order valence-electron chi connectivity index (χ2n) is 7.49. The van der Waals surface area contributed by atoms with E-state index in [2.05, 4.69) is 5.32 Å². The monoisotopic (exact) mass is 399 g/mol. The van der Waals surface area contributed by atoms with Gasteiger partial charge in [0.1, 0.15) is 11.4 Å². The van der Waals surface area contributed by atoms with Gasteiger partial charge in [-0.2, -0.15) is 0 Å². The van der Waals surface area contributed by atoms with Crippen LogP contribution >= 0.6 is 0 Å². The second-order valence-corrected chi connectivity index (χ2v) is 7.49. The van der Waals surface area contributed by atoms with E-state index in [4.69, 9.17) is 4.42 Å². The number of furan rings is 1. The molecule has 2 atom stereocenters. The molecule has 1 amide bonds. The first kappa shape index (κ1) is 18.3. The molecule has 0 bridgehead atoms. The zero-order chi connectivity index (χ0) is 20.7. The molecule has 0 saturated heterocycles. The molecule has 1 heterocycles. The van der Waals surface area contributed by atoms with Crippen LogP contribution in [0, 0.1) is 11.7 Å². The van der Waals surface area contributed by atoms with E-state index >= 15 is 0 Å². The highest BCUT2D eigenvalue weighted by molar-refractivity contribution is 6.17. The van der Waals surface area contributed by atoms with Crippen LogP contribution in [0.2, 0.25) is 0 Å². The summed E-state index contributed by atoms with van der Waals surface area (Å²) < 4.78 is 19.1. The SMILES string of the molecule is O=C(c1ccc(F)cc1)c1oc2ccccc2c1NC(=O)C1CC1c1ccccc1. The van der Waals surface area contributed by atoms with Gasteiger partial charge in [-0.15, -0.1) is 0 Å². The van der Waals surface area contributed by atoms with Crippen molar-refractivity contribution in [2.45, 2.75) is 12.3 Å². The van der Waals surface area contributed by atoms with Gasteiger partial charge < -0.3 is 9.73 Å². The molecule has 148 valence electrons. The third-order valence-corrected chi connectivity index (χ3v) is 5.51. The molecular formula is C25H18FNO3. The maximum atomic E-state index is 13.3. The lowest BCUT2D eigenvalue weighted by atomic mass is 10.1. The van der Waals surface area contributed by atoms with Crippen molar-refractivity contribution in [1.82, 2.24) is 0 Å². The van der Waals surface area contributed by atoms with Crippen LogP contribution in [0.3, 0.4) is 0 Å². The average Bonchev–Trinajstić information content (AvgIpc) is 3.51. The average molecular weight is 399 g/mol. The molecule has 4 nitrogen and oxygen atoms in total. The van der Waals surface area contributed by atoms with Crippen LogP contribution in [0.25, 0.3) is 11.0 Å². The van der Waals surface area contributed by atoms with E-state index in [-0.39, 0.29) is 23.5 Å². The van der Waals surface area contributed by atoms with Crippen LogP contribution in [0.5, 0.6) is 0 Å². The van der Waals surface area contributed by atoms with Crippen molar-refractivity contribution in [2.75, 3.05) is 5.32 Å². The molecule has 1 fully saturated rings. The van der Waals surface area contributed by atoms with E-state index in [1.807, 2.05) is 36.4 Å². The van der Waals surface area contributed by atoms with Crippen molar-refractivity contribution >= 4 is 28.3 Å². The van der Waals surface area contributed by atoms with Crippen molar-refractivity contribution in [3.63, 3.8) is 0 Å². The minimum absolute atomic E-state index is 0.0491. The number of anilines is 1. The number of rotatable bonds is 5.